The molecule has 0 aliphatic carbocycles. The number of aromatic nitrogens is 3. The molecule has 6 nitrogen and oxygen atoms in total. The second kappa shape index (κ2) is 6.87. The van der Waals surface area contributed by atoms with Gasteiger partial charge in [-0.1, -0.05) is 12.1 Å². The summed E-state index contributed by atoms with van der Waals surface area (Å²) in [6.07, 6.45) is 6.20. The van der Waals surface area contributed by atoms with Crippen molar-refractivity contribution in [2.45, 2.75) is 32.6 Å². The van der Waals surface area contributed by atoms with Crippen LogP contribution in [0.2, 0.25) is 0 Å². The van der Waals surface area contributed by atoms with E-state index in [1.54, 1.807) is 12.3 Å². The number of rotatable bonds is 5. The molecular formula is C16H23N5O. The first-order valence-electron chi connectivity index (χ1n) is 8.01. The molecule has 1 fully saturated rings. The second-order valence-electron chi connectivity index (χ2n) is 5.97. The van der Waals surface area contributed by atoms with Crippen molar-refractivity contribution in [2.24, 2.45) is 5.92 Å². The molecule has 3 rings (SSSR count). The molecule has 6 heteroatoms. The summed E-state index contributed by atoms with van der Waals surface area (Å²) in [4.78, 5) is 11.0. The highest BCUT2D eigenvalue weighted by Gasteiger charge is 2.21. The third kappa shape index (κ3) is 3.62. The molecule has 2 aromatic heterocycles. The summed E-state index contributed by atoms with van der Waals surface area (Å²) in [5.74, 6) is 2.42. The van der Waals surface area contributed by atoms with Gasteiger partial charge in [-0.25, -0.2) is 4.98 Å². The standard InChI is InChI=1S/C16H23N5O/c1-2-7-21-8-4-12(5-9-21)10-15-19-16(22-20-15)13-3-6-18-14(17)11-13/h3,6,11-12H,2,4-5,7-10H2,1H3,(H2,17,18). The summed E-state index contributed by atoms with van der Waals surface area (Å²) < 4.78 is 5.35. The van der Waals surface area contributed by atoms with Gasteiger partial charge in [0.1, 0.15) is 5.82 Å². The minimum absolute atomic E-state index is 0.459. The Morgan fingerprint density at radius 3 is 2.91 bits per heavy atom. The van der Waals surface area contributed by atoms with Crippen molar-refractivity contribution in [1.29, 1.82) is 0 Å². The van der Waals surface area contributed by atoms with E-state index in [1.165, 1.54) is 38.9 Å². The van der Waals surface area contributed by atoms with Crippen LogP contribution in [0, 0.1) is 5.92 Å². The SMILES string of the molecule is CCCN1CCC(Cc2noc(-c3ccnc(N)c3)n2)CC1. The molecule has 0 radical (unpaired) electrons. The van der Waals surface area contributed by atoms with Gasteiger partial charge < -0.3 is 15.2 Å². The monoisotopic (exact) mass is 301 g/mol. The van der Waals surface area contributed by atoms with Gasteiger partial charge in [0.05, 0.1) is 0 Å². The van der Waals surface area contributed by atoms with Crippen LogP contribution in [0.3, 0.4) is 0 Å². The molecule has 22 heavy (non-hydrogen) atoms. The van der Waals surface area contributed by atoms with Crippen molar-refractivity contribution in [1.82, 2.24) is 20.0 Å². The molecule has 0 atom stereocenters. The highest BCUT2D eigenvalue weighted by Crippen LogP contribution is 2.23. The zero-order valence-corrected chi connectivity index (χ0v) is 13.0. The van der Waals surface area contributed by atoms with Crippen LogP contribution in [0.1, 0.15) is 32.0 Å². The largest absolute Gasteiger partial charge is 0.384 e. The van der Waals surface area contributed by atoms with Gasteiger partial charge in [0.25, 0.3) is 5.89 Å². The van der Waals surface area contributed by atoms with E-state index in [2.05, 4.69) is 26.9 Å². The first-order valence-corrected chi connectivity index (χ1v) is 8.01. The summed E-state index contributed by atoms with van der Waals surface area (Å²) in [5, 5.41) is 4.11. The Morgan fingerprint density at radius 1 is 1.36 bits per heavy atom. The number of hydrogen-bond acceptors (Lipinski definition) is 6. The summed E-state index contributed by atoms with van der Waals surface area (Å²) in [7, 11) is 0. The Hall–Kier alpha value is -1.95. The fourth-order valence-electron chi connectivity index (χ4n) is 3.02. The maximum Gasteiger partial charge on any atom is 0.258 e. The lowest BCUT2D eigenvalue weighted by atomic mass is 9.93. The Labute approximate surface area is 130 Å². The number of likely N-dealkylation sites (tertiary alicyclic amines) is 1. The van der Waals surface area contributed by atoms with Crippen LogP contribution in [0.25, 0.3) is 11.5 Å². The lowest BCUT2D eigenvalue weighted by Gasteiger charge is -2.31. The van der Waals surface area contributed by atoms with E-state index in [9.17, 15) is 0 Å². The van der Waals surface area contributed by atoms with Crippen LogP contribution < -0.4 is 5.73 Å². The first-order chi connectivity index (χ1) is 10.7. The van der Waals surface area contributed by atoms with Gasteiger partial charge in [0.15, 0.2) is 5.82 Å². The van der Waals surface area contributed by atoms with Crippen LogP contribution in [0.5, 0.6) is 0 Å². The molecule has 3 heterocycles. The lowest BCUT2D eigenvalue weighted by molar-refractivity contribution is 0.182. The Kier molecular flexibility index (Phi) is 4.68. The molecule has 1 aliphatic heterocycles. The zero-order valence-electron chi connectivity index (χ0n) is 13.0. The van der Waals surface area contributed by atoms with Gasteiger partial charge >= 0.3 is 0 Å². The van der Waals surface area contributed by atoms with E-state index >= 15 is 0 Å². The number of nitrogens with two attached hydrogens (primary N) is 1. The maximum absolute atomic E-state index is 5.68. The molecule has 118 valence electrons. The molecule has 0 amide bonds. The molecule has 0 unspecified atom stereocenters. The van der Waals surface area contributed by atoms with Crippen molar-refractivity contribution in [2.75, 3.05) is 25.4 Å². The Balaban J connectivity index is 1.58. The van der Waals surface area contributed by atoms with E-state index in [1.807, 2.05) is 6.07 Å². The fraction of sp³-hybridized carbons (Fsp3) is 0.562. The highest BCUT2D eigenvalue weighted by molar-refractivity contribution is 5.56. The van der Waals surface area contributed by atoms with Crippen LogP contribution in [-0.2, 0) is 6.42 Å². The van der Waals surface area contributed by atoms with Gasteiger partial charge in [-0.3, -0.25) is 0 Å². The number of nitrogens with zero attached hydrogens (tertiary/aromatic N) is 4. The van der Waals surface area contributed by atoms with Gasteiger partial charge in [-0.2, -0.15) is 4.98 Å². The molecular weight excluding hydrogens is 278 g/mol. The van der Waals surface area contributed by atoms with E-state index in [0.29, 0.717) is 17.6 Å². The Bertz CT molecular complexity index is 604. The van der Waals surface area contributed by atoms with E-state index in [-0.39, 0.29) is 0 Å². The summed E-state index contributed by atoms with van der Waals surface area (Å²) >= 11 is 0. The highest BCUT2D eigenvalue weighted by atomic mass is 16.5. The van der Waals surface area contributed by atoms with Crippen molar-refractivity contribution in [3.8, 4) is 11.5 Å². The number of piperidine rings is 1. The Morgan fingerprint density at radius 2 is 2.18 bits per heavy atom. The smallest absolute Gasteiger partial charge is 0.258 e. The number of hydrogen-bond donors (Lipinski definition) is 1. The predicted molar refractivity (Wildman–Crippen MR) is 85.1 cm³/mol. The van der Waals surface area contributed by atoms with Crippen molar-refractivity contribution < 1.29 is 4.52 Å². The molecule has 0 bridgehead atoms. The zero-order chi connectivity index (χ0) is 15.4. The van der Waals surface area contributed by atoms with E-state index in [0.717, 1.165) is 17.8 Å². The third-order valence-corrected chi connectivity index (χ3v) is 4.21. The molecule has 2 N–H and O–H groups in total. The maximum atomic E-state index is 5.68. The predicted octanol–water partition coefficient (Wildman–Crippen LogP) is 2.38. The average molecular weight is 301 g/mol. The van der Waals surface area contributed by atoms with Gasteiger partial charge in [0.2, 0.25) is 0 Å². The van der Waals surface area contributed by atoms with Crippen molar-refractivity contribution >= 4 is 5.82 Å². The second-order valence-corrected chi connectivity index (χ2v) is 5.97. The first kappa shape index (κ1) is 15.0. The minimum atomic E-state index is 0.459. The van der Waals surface area contributed by atoms with Crippen LogP contribution in [-0.4, -0.2) is 39.7 Å². The number of nitrogen functional groups attached to an aromatic ring is 1. The fourth-order valence-corrected chi connectivity index (χ4v) is 3.02. The van der Waals surface area contributed by atoms with Gasteiger partial charge in [-0.05, 0) is 56.9 Å². The minimum Gasteiger partial charge on any atom is -0.384 e. The molecule has 0 saturated carbocycles. The number of anilines is 1. The quantitative estimate of drug-likeness (QED) is 0.913. The molecule has 2 aromatic rings. The van der Waals surface area contributed by atoms with E-state index < -0.39 is 0 Å². The third-order valence-electron chi connectivity index (χ3n) is 4.21. The molecule has 0 spiro atoms. The lowest BCUT2D eigenvalue weighted by Crippen LogP contribution is -2.34. The van der Waals surface area contributed by atoms with Crippen molar-refractivity contribution in [3.63, 3.8) is 0 Å². The number of pyridine rings is 1. The summed E-state index contributed by atoms with van der Waals surface area (Å²) in [5.41, 5.74) is 6.51. The molecule has 1 aliphatic rings. The normalized spacial score (nSPS) is 17.0. The van der Waals surface area contributed by atoms with E-state index in [4.69, 9.17) is 10.3 Å². The summed E-state index contributed by atoms with van der Waals surface area (Å²) in [6.45, 7) is 5.82. The van der Waals surface area contributed by atoms with Crippen LogP contribution in [0.15, 0.2) is 22.9 Å². The summed E-state index contributed by atoms with van der Waals surface area (Å²) in [6, 6.07) is 3.58. The van der Waals surface area contributed by atoms with Crippen LogP contribution in [0.4, 0.5) is 5.82 Å². The van der Waals surface area contributed by atoms with Crippen LogP contribution >= 0.6 is 0 Å². The van der Waals surface area contributed by atoms with Gasteiger partial charge in [-0.15, -0.1) is 0 Å². The molecule has 1 saturated heterocycles. The van der Waals surface area contributed by atoms with Gasteiger partial charge in [0, 0.05) is 18.2 Å². The average Bonchev–Trinajstić information content (AvgIpc) is 2.98. The van der Waals surface area contributed by atoms with Crippen molar-refractivity contribution in [3.05, 3.63) is 24.2 Å². The molecule has 0 aromatic carbocycles. The topological polar surface area (TPSA) is 81.1 Å².